The minimum Gasteiger partial charge on any atom is -0.466 e. The van der Waals surface area contributed by atoms with Gasteiger partial charge in [-0.2, -0.15) is 13.2 Å². The van der Waals surface area contributed by atoms with Crippen LogP contribution in [-0.2, 0) is 15.7 Å². The lowest BCUT2D eigenvalue weighted by molar-refractivity contribution is -0.142. The molecule has 2 nitrogen and oxygen atoms in total. The molecule has 0 atom stereocenters. The molecule has 0 radical (unpaired) electrons. The molecule has 18 heavy (non-hydrogen) atoms. The van der Waals surface area contributed by atoms with Crippen molar-refractivity contribution in [3.63, 3.8) is 0 Å². The largest absolute Gasteiger partial charge is 0.466 e. The van der Waals surface area contributed by atoms with E-state index < -0.39 is 17.7 Å². The normalized spacial score (nSPS) is 11.8. The van der Waals surface area contributed by atoms with E-state index in [9.17, 15) is 18.0 Å². The molecule has 0 bridgehead atoms. The van der Waals surface area contributed by atoms with Gasteiger partial charge in [-0.05, 0) is 18.6 Å². The summed E-state index contributed by atoms with van der Waals surface area (Å²) in [5.41, 5.74) is -0.681. The topological polar surface area (TPSA) is 26.3 Å². The maximum Gasteiger partial charge on any atom is 0.416 e. The number of hydrogen-bond acceptors (Lipinski definition) is 2. The number of rotatable bonds is 4. The summed E-state index contributed by atoms with van der Waals surface area (Å²) in [6.07, 6.45) is -1.80. The summed E-state index contributed by atoms with van der Waals surface area (Å²) in [6, 6.07) is 5.19. The third-order valence-electron chi connectivity index (χ3n) is 2.15. The monoisotopic (exact) mass is 258 g/mol. The van der Waals surface area contributed by atoms with Crippen molar-refractivity contribution in [3.8, 4) is 0 Å². The van der Waals surface area contributed by atoms with Gasteiger partial charge in [0.25, 0.3) is 0 Å². The van der Waals surface area contributed by atoms with E-state index in [1.807, 2.05) is 0 Å². The van der Waals surface area contributed by atoms with Gasteiger partial charge in [0.2, 0.25) is 0 Å². The molecule has 0 aliphatic heterocycles. The molecule has 0 spiro atoms. The second kappa shape index (κ2) is 6.23. The summed E-state index contributed by atoms with van der Waals surface area (Å²) in [6.45, 7) is 1.92. The molecule has 0 fully saturated rings. The zero-order valence-corrected chi connectivity index (χ0v) is 9.83. The van der Waals surface area contributed by atoms with E-state index in [4.69, 9.17) is 0 Å². The number of carbonyl (C=O) groups is 1. The summed E-state index contributed by atoms with van der Waals surface area (Å²) in [5.74, 6) is -0.460. The van der Waals surface area contributed by atoms with Gasteiger partial charge < -0.3 is 4.74 Å². The number of hydrogen-bond donors (Lipinski definition) is 0. The van der Waals surface area contributed by atoms with Crippen LogP contribution in [-0.4, -0.2) is 12.6 Å². The van der Waals surface area contributed by atoms with Gasteiger partial charge in [-0.25, -0.2) is 0 Å². The van der Waals surface area contributed by atoms with E-state index in [2.05, 4.69) is 4.74 Å². The maximum absolute atomic E-state index is 12.6. The predicted molar refractivity (Wildman–Crippen MR) is 61.7 cm³/mol. The van der Waals surface area contributed by atoms with Crippen molar-refractivity contribution in [2.24, 2.45) is 0 Å². The molecule has 98 valence electrons. The molecule has 0 N–H and O–H groups in total. The van der Waals surface area contributed by atoms with Crippen LogP contribution in [0.25, 0.3) is 6.08 Å². The van der Waals surface area contributed by atoms with E-state index in [1.54, 1.807) is 6.92 Å². The minimum absolute atomic E-state index is 0.0364. The molecule has 0 amide bonds. The standard InChI is InChI=1S/C13H13F3O2/c1-2-18-12(17)9-5-7-10-6-3-4-8-11(10)13(14,15)16/h3-8H,2,9H2,1H3. The van der Waals surface area contributed by atoms with Crippen LogP contribution in [0, 0.1) is 0 Å². The SMILES string of the molecule is CCOC(=O)CC=Cc1ccccc1C(F)(F)F. The van der Waals surface area contributed by atoms with Crippen LogP contribution in [0.2, 0.25) is 0 Å². The van der Waals surface area contributed by atoms with Crippen molar-refractivity contribution in [3.05, 3.63) is 41.5 Å². The van der Waals surface area contributed by atoms with Crippen LogP contribution < -0.4 is 0 Å². The molecule has 0 saturated heterocycles. The summed E-state index contributed by atoms with van der Waals surface area (Å²) < 4.78 is 42.6. The number of halogens is 3. The van der Waals surface area contributed by atoms with Gasteiger partial charge in [0, 0.05) is 0 Å². The smallest absolute Gasteiger partial charge is 0.416 e. The summed E-state index contributed by atoms with van der Waals surface area (Å²) >= 11 is 0. The highest BCUT2D eigenvalue weighted by Crippen LogP contribution is 2.32. The first-order chi connectivity index (χ1) is 8.45. The van der Waals surface area contributed by atoms with Crippen molar-refractivity contribution < 1.29 is 22.7 Å². The van der Waals surface area contributed by atoms with Crippen molar-refractivity contribution in [1.82, 2.24) is 0 Å². The zero-order chi connectivity index (χ0) is 13.6. The van der Waals surface area contributed by atoms with E-state index in [-0.39, 0.29) is 18.6 Å². The third kappa shape index (κ3) is 4.24. The Labute approximate surface area is 103 Å². The molecular weight excluding hydrogens is 245 g/mol. The van der Waals surface area contributed by atoms with Crippen molar-refractivity contribution >= 4 is 12.0 Å². The maximum atomic E-state index is 12.6. The van der Waals surface area contributed by atoms with Gasteiger partial charge in [-0.15, -0.1) is 0 Å². The van der Waals surface area contributed by atoms with Crippen LogP contribution in [0.3, 0.4) is 0 Å². The first kappa shape index (κ1) is 14.3. The van der Waals surface area contributed by atoms with Crippen molar-refractivity contribution in [2.75, 3.05) is 6.61 Å². The Morgan fingerprint density at radius 2 is 2.00 bits per heavy atom. The van der Waals surface area contributed by atoms with Gasteiger partial charge in [0.05, 0.1) is 18.6 Å². The van der Waals surface area contributed by atoms with Crippen LogP contribution in [0.15, 0.2) is 30.3 Å². The van der Waals surface area contributed by atoms with Crippen LogP contribution >= 0.6 is 0 Å². The minimum atomic E-state index is -4.40. The number of ether oxygens (including phenoxy) is 1. The Morgan fingerprint density at radius 3 is 2.61 bits per heavy atom. The van der Waals surface area contributed by atoms with Crippen LogP contribution in [0.4, 0.5) is 13.2 Å². The van der Waals surface area contributed by atoms with Crippen molar-refractivity contribution in [1.29, 1.82) is 0 Å². The molecule has 0 aromatic heterocycles. The highest BCUT2D eigenvalue weighted by atomic mass is 19.4. The lowest BCUT2D eigenvalue weighted by Gasteiger charge is -2.09. The third-order valence-corrected chi connectivity index (χ3v) is 2.15. The highest BCUT2D eigenvalue weighted by Gasteiger charge is 2.32. The lowest BCUT2D eigenvalue weighted by atomic mass is 10.1. The molecule has 1 aromatic rings. The van der Waals surface area contributed by atoms with Gasteiger partial charge in [0.1, 0.15) is 0 Å². The molecule has 0 aliphatic rings. The molecule has 1 rings (SSSR count). The van der Waals surface area contributed by atoms with Gasteiger partial charge in [-0.1, -0.05) is 30.4 Å². The second-order valence-corrected chi connectivity index (χ2v) is 3.50. The Kier molecular flexibility index (Phi) is 4.95. The second-order valence-electron chi connectivity index (χ2n) is 3.50. The molecule has 0 unspecified atom stereocenters. The van der Waals surface area contributed by atoms with Crippen LogP contribution in [0.5, 0.6) is 0 Å². The lowest BCUT2D eigenvalue weighted by Crippen LogP contribution is -2.07. The highest BCUT2D eigenvalue weighted by molar-refractivity contribution is 5.72. The fourth-order valence-electron chi connectivity index (χ4n) is 1.40. The van der Waals surface area contributed by atoms with Crippen molar-refractivity contribution in [2.45, 2.75) is 19.5 Å². The Balaban J connectivity index is 2.79. The average molecular weight is 258 g/mol. The number of esters is 1. The van der Waals surface area contributed by atoms with E-state index in [0.717, 1.165) is 6.07 Å². The summed E-state index contributed by atoms with van der Waals surface area (Å²) in [4.78, 5) is 11.0. The summed E-state index contributed by atoms with van der Waals surface area (Å²) in [5, 5.41) is 0. The predicted octanol–water partition coefficient (Wildman–Crippen LogP) is 3.67. The first-order valence-electron chi connectivity index (χ1n) is 5.43. The van der Waals surface area contributed by atoms with E-state index >= 15 is 0 Å². The fraction of sp³-hybridized carbons (Fsp3) is 0.308. The number of alkyl halides is 3. The van der Waals surface area contributed by atoms with Gasteiger partial charge >= 0.3 is 12.1 Å². The number of benzene rings is 1. The molecule has 0 saturated carbocycles. The Morgan fingerprint density at radius 1 is 1.33 bits per heavy atom. The number of carbonyl (C=O) groups excluding carboxylic acids is 1. The Hall–Kier alpha value is -1.78. The van der Waals surface area contributed by atoms with Gasteiger partial charge in [-0.3, -0.25) is 4.79 Å². The first-order valence-corrected chi connectivity index (χ1v) is 5.43. The zero-order valence-electron chi connectivity index (χ0n) is 9.83. The average Bonchev–Trinajstić information content (AvgIpc) is 2.28. The molecule has 5 heteroatoms. The quantitative estimate of drug-likeness (QED) is 0.770. The molecular formula is C13H13F3O2. The molecule has 0 heterocycles. The summed E-state index contributed by atoms with van der Waals surface area (Å²) in [7, 11) is 0. The van der Waals surface area contributed by atoms with E-state index in [0.29, 0.717) is 0 Å². The fourth-order valence-corrected chi connectivity index (χ4v) is 1.40. The van der Waals surface area contributed by atoms with Gasteiger partial charge in [0.15, 0.2) is 0 Å². The van der Waals surface area contributed by atoms with E-state index in [1.165, 1.54) is 30.4 Å². The molecule has 0 aliphatic carbocycles. The molecule has 1 aromatic carbocycles. The van der Waals surface area contributed by atoms with Crippen LogP contribution in [0.1, 0.15) is 24.5 Å². The Bertz CT molecular complexity index is 436.